The van der Waals surface area contributed by atoms with Crippen molar-refractivity contribution in [3.8, 4) is 17.2 Å². The lowest BCUT2D eigenvalue weighted by Gasteiger charge is -2.31. The first kappa shape index (κ1) is 25.0. The number of aryl methyl sites for hydroxylation is 1. The van der Waals surface area contributed by atoms with Crippen molar-refractivity contribution in [2.24, 2.45) is 5.92 Å². The Labute approximate surface area is 210 Å². The normalized spacial score (nSPS) is 16.5. The van der Waals surface area contributed by atoms with E-state index in [1.807, 2.05) is 19.1 Å². The number of para-hydroxylation sites is 2. The molecule has 3 aromatic rings. The predicted molar refractivity (Wildman–Crippen MR) is 136 cm³/mol. The van der Waals surface area contributed by atoms with Crippen LogP contribution in [0.1, 0.15) is 18.4 Å². The first-order valence-electron chi connectivity index (χ1n) is 11.3. The van der Waals surface area contributed by atoms with E-state index in [1.54, 1.807) is 61.7 Å². The van der Waals surface area contributed by atoms with Crippen molar-refractivity contribution in [2.45, 2.75) is 24.7 Å². The highest BCUT2D eigenvalue weighted by Gasteiger charge is 2.33. The Bertz CT molecular complexity index is 1310. The van der Waals surface area contributed by atoms with Crippen molar-refractivity contribution < 1.29 is 22.7 Å². The molecule has 1 amide bonds. The molecule has 9 heteroatoms. The maximum Gasteiger partial charge on any atom is 0.243 e. The standard InChI is InChI=1S/C26H27ClN2O5S/c1-18-9-12-21(13-10-18)35(31,32)29-15-5-6-19(17-29)26(30)28-22-16-20(27)11-14-23(22)34-25-8-4-3-7-24(25)33-2/h3-4,7-14,16,19H,5-6,15,17H2,1-2H3,(H,28,30)/t19-/m0/s1. The maximum absolute atomic E-state index is 13.2. The molecule has 184 valence electrons. The van der Waals surface area contributed by atoms with Gasteiger partial charge >= 0.3 is 0 Å². The Morgan fingerprint density at radius 3 is 2.46 bits per heavy atom. The predicted octanol–water partition coefficient (Wildman–Crippen LogP) is 5.49. The number of halogens is 1. The quantitative estimate of drug-likeness (QED) is 0.450. The smallest absolute Gasteiger partial charge is 0.243 e. The number of ether oxygens (including phenoxy) is 2. The van der Waals surface area contributed by atoms with Gasteiger partial charge in [-0.1, -0.05) is 41.4 Å². The van der Waals surface area contributed by atoms with Gasteiger partial charge in [0.05, 0.1) is 23.6 Å². The summed E-state index contributed by atoms with van der Waals surface area (Å²) in [5.41, 5.74) is 1.37. The summed E-state index contributed by atoms with van der Waals surface area (Å²) in [6.45, 7) is 2.38. The molecular formula is C26H27ClN2O5S. The number of methoxy groups -OCH3 is 1. The van der Waals surface area contributed by atoms with Gasteiger partial charge in [-0.2, -0.15) is 4.31 Å². The van der Waals surface area contributed by atoms with Crippen LogP contribution < -0.4 is 14.8 Å². The SMILES string of the molecule is COc1ccccc1Oc1ccc(Cl)cc1NC(=O)[C@H]1CCCN(S(=O)(=O)c2ccc(C)cc2)C1. The largest absolute Gasteiger partial charge is 0.493 e. The van der Waals surface area contributed by atoms with Crippen LogP contribution in [0.3, 0.4) is 0 Å². The molecule has 0 bridgehead atoms. The van der Waals surface area contributed by atoms with Gasteiger partial charge in [-0.15, -0.1) is 0 Å². The number of piperidine rings is 1. The number of carbonyl (C=O) groups excluding carboxylic acids is 1. The van der Waals surface area contributed by atoms with E-state index in [0.29, 0.717) is 47.3 Å². The summed E-state index contributed by atoms with van der Waals surface area (Å²) in [7, 11) is -2.14. The van der Waals surface area contributed by atoms with Crippen LogP contribution >= 0.6 is 11.6 Å². The molecular weight excluding hydrogens is 488 g/mol. The van der Waals surface area contributed by atoms with E-state index < -0.39 is 15.9 Å². The summed E-state index contributed by atoms with van der Waals surface area (Å²) in [5, 5.41) is 3.32. The van der Waals surface area contributed by atoms with Gasteiger partial charge < -0.3 is 14.8 Å². The molecule has 0 aromatic heterocycles. The van der Waals surface area contributed by atoms with E-state index in [4.69, 9.17) is 21.1 Å². The van der Waals surface area contributed by atoms with Gasteiger partial charge in [0.2, 0.25) is 15.9 Å². The second-order valence-electron chi connectivity index (χ2n) is 8.40. The summed E-state index contributed by atoms with van der Waals surface area (Å²) in [5.74, 6) is 0.625. The molecule has 1 N–H and O–H groups in total. The zero-order chi connectivity index (χ0) is 25.0. The number of hydrogen-bond donors (Lipinski definition) is 1. The third kappa shape index (κ3) is 5.78. The molecule has 0 spiro atoms. The minimum Gasteiger partial charge on any atom is -0.493 e. The summed E-state index contributed by atoms with van der Waals surface area (Å²) in [6, 6.07) is 18.8. The fourth-order valence-electron chi connectivity index (χ4n) is 3.98. The fourth-order valence-corrected chi connectivity index (χ4v) is 5.68. The lowest BCUT2D eigenvalue weighted by atomic mass is 9.98. The number of benzene rings is 3. The molecule has 1 saturated heterocycles. The van der Waals surface area contributed by atoms with E-state index in [2.05, 4.69) is 5.32 Å². The second kappa shape index (κ2) is 10.7. The third-order valence-corrected chi connectivity index (χ3v) is 8.02. The number of sulfonamides is 1. The first-order chi connectivity index (χ1) is 16.8. The van der Waals surface area contributed by atoms with Crippen LogP contribution in [-0.4, -0.2) is 38.8 Å². The Morgan fingerprint density at radius 2 is 1.74 bits per heavy atom. The Balaban J connectivity index is 1.51. The minimum absolute atomic E-state index is 0.102. The highest BCUT2D eigenvalue weighted by Crippen LogP contribution is 2.37. The average Bonchev–Trinajstić information content (AvgIpc) is 2.86. The van der Waals surface area contributed by atoms with E-state index in [9.17, 15) is 13.2 Å². The van der Waals surface area contributed by atoms with Crippen LogP contribution in [0.4, 0.5) is 5.69 Å². The Morgan fingerprint density at radius 1 is 1.03 bits per heavy atom. The molecule has 0 unspecified atom stereocenters. The van der Waals surface area contributed by atoms with Crippen molar-refractivity contribution in [3.05, 3.63) is 77.3 Å². The molecule has 0 aliphatic carbocycles. The molecule has 1 atom stereocenters. The van der Waals surface area contributed by atoms with E-state index in [1.165, 1.54) is 4.31 Å². The summed E-state index contributed by atoms with van der Waals surface area (Å²) < 4.78 is 39.0. The van der Waals surface area contributed by atoms with Gasteiger partial charge in [-0.25, -0.2) is 8.42 Å². The molecule has 4 rings (SSSR count). The highest BCUT2D eigenvalue weighted by molar-refractivity contribution is 7.89. The van der Waals surface area contributed by atoms with Crippen LogP contribution in [0.25, 0.3) is 0 Å². The van der Waals surface area contributed by atoms with Crippen LogP contribution in [0.2, 0.25) is 5.02 Å². The van der Waals surface area contributed by atoms with Gasteiger partial charge in [-0.3, -0.25) is 4.79 Å². The fraction of sp³-hybridized carbons (Fsp3) is 0.269. The molecule has 0 radical (unpaired) electrons. The summed E-state index contributed by atoms with van der Waals surface area (Å²) in [4.78, 5) is 13.4. The van der Waals surface area contributed by atoms with Crippen LogP contribution in [0, 0.1) is 12.8 Å². The number of hydrogen-bond acceptors (Lipinski definition) is 5. The number of carbonyl (C=O) groups is 1. The maximum atomic E-state index is 13.2. The summed E-state index contributed by atoms with van der Waals surface area (Å²) in [6.07, 6.45) is 1.16. The van der Waals surface area contributed by atoms with Crippen molar-refractivity contribution >= 4 is 33.2 Å². The van der Waals surface area contributed by atoms with Crippen LogP contribution in [0.15, 0.2) is 71.6 Å². The molecule has 1 aliphatic heterocycles. The minimum atomic E-state index is -3.69. The number of anilines is 1. The van der Waals surface area contributed by atoms with Gasteiger partial charge in [-0.05, 0) is 62.2 Å². The lowest BCUT2D eigenvalue weighted by Crippen LogP contribution is -2.43. The number of nitrogens with one attached hydrogen (secondary N) is 1. The molecule has 0 saturated carbocycles. The number of rotatable bonds is 7. The van der Waals surface area contributed by atoms with E-state index in [0.717, 1.165) is 5.56 Å². The molecule has 7 nitrogen and oxygen atoms in total. The zero-order valence-corrected chi connectivity index (χ0v) is 21.1. The van der Waals surface area contributed by atoms with Crippen LogP contribution in [0.5, 0.6) is 17.2 Å². The van der Waals surface area contributed by atoms with Gasteiger partial charge in [0.25, 0.3) is 0 Å². The molecule has 1 heterocycles. The molecule has 1 aliphatic rings. The van der Waals surface area contributed by atoms with Crippen LogP contribution in [-0.2, 0) is 14.8 Å². The van der Waals surface area contributed by atoms with Crippen molar-refractivity contribution in [1.29, 1.82) is 0 Å². The number of amides is 1. The van der Waals surface area contributed by atoms with E-state index >= 15 is 0 Å². The van der Waals surface area contributed by atoms with Gasteiger partial charge in [0.1, 0.15) is 0 Å². The summed E-state index contributed by atoms with van der Waals surface area (Å²) >= 11 is 6.19. The van der Waals surface area contributed by atoms with E-state index in [-0.39, 0.29) is 17.3 Å². The monoisotopic (exact) mass is 514 g/mol. The van der Waals surface area contributed by atoms with Gasteiger partial charge in [0, 0.05) is 18.1 Å². The Hall–Kier alpha value is -3.07. The first-order valence-corrected chi connectivity index (χ1v) is 13.1. The molecule has 3 aromatic carbocycles. The number of nitrogens with zero attached hydrogens (tertiary/aromatic N) is 1. The zero-order valence-electron chi connectivity index (χ0n) is 19.5. The highest BCUT2D eigenvalue weighted by atomic mass is 35.5. The average molecular weight is 515 g/mol. The molecule has 35 heavy (non-hydrogen) atoms. The molecule has 1 fully saturated rings. The third-order valence-electron chi connectivity index (χ3n) is 5.90. The van der Waals surface area contributed by atoms with Crippen molar-refractivity contribution in [3.63, 3.8) is 0 Å². The van der Waals surface area contributed by atoms with Gasteiger partial charge in [0.15, 0.2) is 17.2 Å². The topological polar surface area (TPSA) is 84.9 Å². The van der Waals surface area contributed by atoms with Crippen molar-refractivity contribution in [2.75, 3.05) is 25.5 Å². The second-order valence-corrected chi connectivity index (χ2v) is 10.8. The lowest BCUT2D eigenvalue weighted by molar-refractivity contribution is -0.120. The van der Waals surface area contributed by atoms with Crippen molar-refractivity contribution in [1.82, 2.24) is 4.31 Å². The Kier molecular flexibility index (Phi) is 7.64.